The van der Waals surface area contributed by atoms with Crippen LogP contribution in [0.5, 0.6) is 5.75 Å². The highest BCUT2D eigenvalue weighted by Gasteiger charge is 2.29. The summed E-state index contributed by atoms with van der Waals surface area (Å²) in [6.07, 6.45) is 1.04. The molecule has 0 saturated carbocycles. The number of carbonyl (C=O) groups is 3. The summed E-state index contributed by atoms with van der Waals surface area (Å²) >= 11 is 0. The lowest BCUT2D eigenvalue weighted by Crippen LogP contribution is -2.41. The molecule has 0 radical (unpaired) electrons. The van der Waals surface area contributed by atoms with E-state index in [9.17, 15) is 14.4 Å². The molecule has 1 aliphatic heterocycles. The van der Waals surface area contributed by atoms with Crippen LogP contribution in [0, 0.1) is 12.8 Å². The van der Waals surface area contributed by atoms with Crippen molar-refractivity contribution in [3.8, 4) is 5.75 Å². The number of piperidine rings is 1. The molecule has 0 unspecified atom stereocenters. The van der Waals surface area contributed by atoms with Gasteiger partial charge in [-0.15, -0.1) is 0 Å². The number of nitrogens with zero attached hydrogens (tertiary/aromatic N) is 1. The molecule has 2 aromatic rings. The van der Waals surface area contributed by atoms with Crippen LogP contribution in [0.15, 0.2) is 48.5 Å². The third-order valence-corrected chi connectivity index (χ3v) is 5.19. The SMILES string of the molecule is COc1cccc(NC(=O)COC(=O)C2CCN(C(=O)c3ccccc3C)CC2)c1. The maximum Gasteiger partial charge on any atom is 0.309 e. The summed E-state index contributed by atoms with van der Waals surface area (Å²) < 4.78 is 10.3. The molecule has 0 atom stereocenters. The Morgan fingerprint density at radius 3 is 2.50 bits per heavy atom. The third kappa shape index (κ3) is 5.37. The van der Waals surface area contributed by atoms with Crippen LogP contribution in [0.4, 0.5) is 5.69 Å². The number of rotatable bonds is 6. The van der Waals surface area contributed by atoms with Gasteiger partial charge in [-0.1, -0.05) is 24.3 Å². The third-order valence-electron chi connectivity index (χ3n) is 5.19. The average Bonchev–Trinajstić information content (AvgIpc) is 2.77. The van der Waals surface area contributed by atoms with Crippen molar-refractivity contribution in [2.75, 3.05) is 32.1 Å². The van der Waals surface area contributed by atoms with E-state index in [-0.39, 0.29) is 18.4 Å². The van der Waals surface area contributed by atoms with Gasteiger partial charge in [0, 0.05) is 30.4 Å². The number of carbonyl (C=O) groups excluding carboxylic acids is 3. The quantitative estimate of drug-likeness (QED) is 0.740. The van der Waals surface area contributed by atoms with Crippen molar-refractivity contribution in [3.05, 3.63) is 59.7 Å². The summed E-state index contributed by atoms with van der Waals surface area (Å²) in [5.74, 6) is -0.521. The van der Waals surface area contributed by atoms with Crippen LogP contribution in [-0.2, 0) is 14.3 Å². The molecule has 3 rings (SSSR count). The average molecular weight is 410 g/mol. The Morgan fingerprint density at radius 1 is 1.07 bits per heavy atom. The van der Waals surface area contributed by atoms with Crippen LogP contribution in [0.2, 0.25) is 0 Å². The fourth-order valence-corrected chi connectivity index (χ4v) is 3.45. The predicted molar refractivity (Wildman–Crippen MR) is 112 cm³/mol. The summed E-state index contributed by atoms with van der Waals surface area (Å²) in [5.41, 5.74) is 2.19. The van der Waals surface area contributed by atoms with Gasteiger partial charge in [0.25, 0.3) is 11.8 Å². The van der Waals surface area contributed by atoms with Crippen molar-refractivity contribution < 1.29 is 23.9 Å². The number of hydrogen-bond donors (Lipinski definition) is 1. The first kappa shape index (κ1) is 21.4. The molecule has 0 bridgehead atoms. The molecule has 1 N–H and O–H groups in total. The number of ether oxygens (including phenoxy) is 2. The lowest BCUT2D eigenvalue weighted by molar-refractivity contribution is -0.152. The fourth-order valence-electron chi connectivity index (χ4n) is 3.45. The molecule has 30 heavy (non-hydrogen) atoms. The van der Waals surface area contributed by atoms with Gasteiger partial charge in [-0.25, -0.2) is 0 Å². The molecule has 1 aliphatic rings. The van der Waals surface area contributed by atoms with E-state index in [1.54, 1.807) is 36.3 Å². The molecule has 2 aromatic carbocycles. The Bertz CT molecular complexity index is 919. The Hall–Kier alpha value is -3.35. The molecule has 0 aliphatic carbocycles. The topological polar surface area (TPSA) is 84.9 Å². The Kier molecular flexibility index (Phi) is 7.06. The van der Waals surface area contributed by atoms with Gasteiger partial charge in [0.15, 0.2) is 6.61 Å². The van der Waals surface area contributed by atoms with Gasteiger partial charge in [0.05, 0.1) is 13.0 Å². The summed E-state index contributed by atoms with van der Waals surface area (Å²) in [6.45, 7) is 2.54. The Balaban J connectivity index is 1.44. The van der Waals surface area contributed by atoms with Gasteiger partial charge in [-0.05, 0) is 43.5 Å². The zero-order chi connectivity index (χ0) is 21.5. The molecule has 1 saturated heterocycles. The molecule has 1 fully saturated rings. The fraction of sp³-hybridized carbons (Fsp3) is 0.348. The van der Waals surface area contributed by atoms with Crippen molar-refractivity contribution in [2.24, 2.45) is 5.92 Å². The molecule has 7 heteroatoms. The predicted octanol–water partition coefficient (Wildman–Crippen LogP) is 3.04. The van der Waals surface area contributed by atoms with Gasteiger partial charge < -0.3 is 19.7 Å². The number of anilines is 1. The van der Waals surface area contributed by atoms with E-state index < -0.39 is 11.9 Å². The number of benzene rings is 2. The van der Waals surface area contributed by atoms with E-state index in [0.29, 0.717) is 42.9 Å². The first-order chi connectivity index (χ1) is 14.5. The summed E-state index contributed by atoms with van der Waals surface area (Å²) in [6, 6.07) is 14.4. The maximum absolute atomic E-state index is 12.7. The van der Waals surface area contributed by atoms with E-state index in [0.717, 1.165) is 5.56 Å². The van der Waals surface area contributed by atoms with Crippen molar-refractivity contribution in [1.82, 2.24) is 4.90 Å². The maximum atomic E-state index is 12.7. The van der Waals surface area contributed by atoms with Gasteiger partial charge in [0.2, 0.25) is 0 Å². The highest BCUT2D eigenvalue weighted by atomic mass is 16.5. The normalized spacial score (nSPS) is 14.1. The summed E-state index contributed by atoms with van der Waals surface area (Å²) in [7, 11) is 1.54. The minimum absolute atomic E-state index is 0.0161. The van der Waals surface area contributed by atoms with E-state index in [2.05, 4.69) is 5.32 Å². The smallest absolute Gasteiger partial charge is 0.309 e. The molecule has 1 heterocycles. The van der Waals surface area contributed by atoms with Crippen LogP contribution < -0.4 is 10.1 Å². The molecule has 2 amide bonds. The second kappa shape index (κ2) is 9.91. The van der Waals surface area contributed by atoms with Crippen LogP contribution in [0.3, 0.4) is 0 Å². The number of hydrogen-bond acceptors (Lipinski definition) is 5. The zero-order valence-corrected chi connectivity index (χ0v) is 17.2. The van der Waals surface area contributed by atoms with Gasteiger partial charge in [-0.2, -0.15) is 0 Å². The standard InChI is InChI=1S/C23H26N2O5/c1-16-6-3-4-9-20(16)22(27)25-12-10-17(11-13-25)23(28)30-15-21(26)24-18-7-5-8-19(14-18)29-2/h3-9,14,17H,10-13,15H2,1-2H3,(H,24,26). The zero-order valence-electron chi connectivity index (χ0n) is 17.2. The van der Waals surface area contributed by atoms with Crippen LogP contribution in [-0.4, -0.2) is 49.5 Å². The second-order valence-corrected chi connectivity index (χ2v) is 7.27. The monoisotopic (exact) mass is 410 g/mol. The van der Waals surface area contributed by atoms with E-state index in [1.165, 1.54) is 0 Å². The number of likely N-dealkylation sites (tertiary alicyclic amines) is 1. The number of amides is 2. The van der Waals surface area contributed by atoms with Gasteiger partial charge in [0.1, 0.15) is 5.75 Å². The number of methoxy groups -OCH3 is 1. The van der Waals surface area contributed by atoms with Crippen molar-refractivity contribution in [1.29, 1.82) is 0 Å². The molecule has 7 nitrogen and oxygen atoms in total. The molecule has 0 spiro atoms. The number of esters is 1. The van der Waals surface area contributed by atoms with Crippen molar-refractivity contribution in [3.63, 3.8) is 0 Å². The van der Waals surface area contributed by atoms with Crippen molar-refractivity contribution in [2.45, 2.75) is 19.8 Å². The highest BCUT2D eigenvalue weighted by Crippen LogP contribution is 2.21. The van der Waals surface area contributed by atoms with Gasteiger partial charge >= 0.3 is 5.97 Å². The number of aryl methyl sites for hydroxylation is 1. The molecule has 158 valence electrons. The summed E-state index contributed by atoms with van der Waals surface area (Å²) in [4.78, 5) is 38.8. The molecular formula is C23H26N2O5. The van der Waals surface area contributed by atoms with E-state index >= 15 is 0 Å². The van der Waals surface area contributed by atoms with E-state index in [1.807, 2.05) is 31.2 Å². The first-order valence-electron chi connectivity index (χ1n) is 9.93. The Morgan fingerprint density at radius 2 is 1.80 bits per heavy atom. The molecule has 0 aromatic heterocycles. The minimum Gasteiger partial charge on any atom is -0.497 e. The molecular weight excluding hydrogens is 384 g/mol. The highest BCUT2D eigenvalue weighted by molar-refractivity contribution is 5.96. The van der Waals surface area contributed by atoms with E-state index in [4.69, 9.17) is 9.47 Å². The van der Waals surface area contributed by atoms with Gasteiger partial charge in [-0.3, -0.25) is 14.4 Å². The number of nitrogens with one attached hydrogen (secondary N) is 1. The van der Waals surface area contributed by atoms with Crippen LogP contribution >= 0.6 is 0 Å². The first-order valence-corrected chi connectivity index (χ1v) is 9.93. The largest absolute Gasteiger partial charge is 0.497 e. The van der Waals surface area contributed by atoms with Crippen LogP contribution in [0.1, 0.15) is 28.8 Å². The van der Waals surface area contributed by atoms with Crippen molar-refractivity contribution >= 4 is 23.5 Å². The second-order valence-electron chi connectivity index (χ2n) is 7.27. The Labute approximate surface area is 176 Å². The lowest BCUT2D eigenvalue weighted by Gasteiger charge is -2.31. The summed E-state index contributed by atoms with van der Waals surface area (Å²) in [5, 5.41) is 2.67. The lowest BCUT2D eigenvalue weighted by atomic mass is 9.96. The minimum atomic E-state index is -0.413. The van der Waals surface area contributed by atoms with Crippen LogP contribution in [0.25, 0.3) is 0 Å².